The standard InChI is InChI=1S/C16H14ClN3O4.BrH/c1-9(18)16(22)19-14-7-6-10(20(23)24)8-12(14)15(21)11-4-2-3-5-13(11)17;/h2-9H,18H2,1H3,(H,19,22);1H/t9-;/m0./s1. The summed E-state index contributed by atoms with van der Waals surface area (Å²) < 4.78 is 0. The molecule has 25 heavy (non-hydrogen) atoms. The van der Waals surface area contributed by atoms with Gasteiger partial charge in [0.15, 0.2) is 5.78 Å². The average molecular weight is 429 g/mol. The lowest BCUT2D eigenvalue weighted by molar-refractivity contribution is -0.384. The molecule has 0 fully saturated rings. The molecule has 0 aliphatic rings. The summed E-state index contributed by atoms with van der Waals surface area (Å²) >= 11 is 6.02. The van der Waals surface area contributed by atoms with Gasteiger partial charge in [0.1, 0.15) is 0 Å². The van der Waals surface area contributed by atoms with Crippen molar-refractivity contribution in [1.29, 1.82) is 0 Å². The molecule has 0 aliphatic carbocycles. The van der Waals surface area contributed by atoms with Gasteiger partial charge in [0.25, 0.3) is 5.69 Å². The average Bonchev–Trinajstić information content (AvgIpc) is 2.54. The van der Waals surface area contributed by atoms with Crippen molar-refractivity contribution in [3.8, 4) is 0 Å². The van der Waals surface area contributed by atoms with E-state index in [4.69, 9.17) is 17.3 Å². The molecule has 0 saturated heterocycles. The van der Waals surface area contributed by atoms with Crippen LogP contribution in [0, 0.1) is 10.1 Å². The fourth-order valence-electron chi connectivity index (χ4n) is 1.98. The van der Waals surface area contributed by atoms with Crippen LogP contribution in [0.4, 0.5) is 11.4 Å². The van der Waals surface area contributed by atoms with Crippen LogP contribution in [0.3, 0.4) is 0 Å². The number of hydrogen-bond acceptors (Lipinski definition) is 5. The predicted molar refractivity (Wildman–Crippen MR) is 101 cm³/mol. The molecule has 0 spiro atoms. The number of nitrogens with zero attached hydrogens (tertiary/aromatic N) is 1. The zero-order chi connectivity index (χ0) is 17.9. The zero-order valence-corrected chi connectivity index (χ0v) is 15.5. The number of anilines is 1. The molecule has 1 atom stereocenters. The highest BCUT2D eigenvalue weighted by Gasteiger charge is 2.21. The smallest absolute Gasteiger partial charge is 0.270 e. The number of nitro groups is 1. The van der Waals surface area contributed by atoms with Gasteiger partial charge in [0, 0.05) is 17.7 Å². The monoisotopic (exact) mass is 427 g/mol. The van der Waals surface area contributed by atoms with Gasteiger partial charge in [0.2, 0.25) is 5.91 Å². The second kappa shape index (κ2) is 8.70. The fraction of sp³-hybridized carbons (Fsp3) is 0.125. The summed E-state index contributed by atoms with van der Waals surface area (Å²) in [6.45, 7) is 1.48. The number of nitro benzene ring substituents is 1. The van der Waals surface area contributed by atoms with E-state index in [2.05, 4.69) is 5.32 Å². The van der Waals surface area contributed by atoms with Crippen LogP contribution in [0.15, 0.2) is 42.5 Å². The molecule has 7 nitrogen and oxygen atoms in total. The van der Waals surface area contributed by atoms with Crippen LogP contribution in [0.1, 0.15) is 22.8 Å². The van der Waals surface area contributed by atoms with E-state index in [-0.39, 0.29) is 44.5 Å². The van der Waals surface area contributed by atoms with Crippen molar-refractivity contribution < 1.29 is 14.5 Å². The lowest BCUT2D eigenvalue weighted by Gasteiger charge is -2.12. The summed E-state index contributed by atoms with van der Waals surface area (Å²) in [5.41, 5.74) is 5.50. The lowest BCUT2D eigenvalue weighted by atomic mass is 10.0. The summed E-state index contributed by atoms with van der Waals surface area (Å²) in [6, 6.07) is 9.10. The molecule has 9 heteroatoms. The predicted octanol–water partition coefficient (Wildman–Crippen LogP) is 3.34. The summed E-state index contributed by atoms with van der Waals surface area (Å²) in [5.74, 6) is -1.05. The summed E-state index contributed by atoms with van der Waals surface area (Å²) in [6.07, 6.45) is 0. The minimum Gasteiger partial charge on any atom is -0.324 e. The first-order chi connectivity index (χ1) is 11.3. The van der Waals surface area contributed by atoms with Crippen LogP contribution in [0.25, 0.3) is 0 Å². The van der Waals surface area contributed by atoms with Crippen molar-refractivity contribution in [2.45, 2.75) is 13.0 Å². The van der Waals surface area contributed by atoms with Gasteiger partial charge in [-0.1, -0.05) is 23.7 Å². The van der Waals surface area contributed by atoms with Gasteiger partial charge in [0.05, 0.1) is 27.2 Å². The van der Waals surface area contributed by atoms with Crippen molar-refractivity contribution in [2.24, 2.45) is 5.73 Å². The third kappa shape index (κ3) is 4.85. The van der Waals surface area contributed by atoms with E-state index in [1.54, 1.807) is 12.1 Å². The Labute approximate surface area is 159 Å². The molecule has 0 radical (unpaired) electrons. The van der Waals surface area contributed by atoms with Gasteiger partial charge < -0.3 is 11.1 Å². The number of nitrogens with one attached hydrogen (secondary N) is 1. The van der Waals surface area contributed by atoms with Crippen LogP contribution in [0.2, 0.25) is 5.02 Å². The number of carbonyl (C=O) groups excluding carboxylic acids is 2. The maximum Gasteiger partial charge on any atom is 0.270 e. The molecule has 2 rings (SSSR count). The first kappa shape index (κ1) is 20.8. The number of nitrogens with two attached hydrogens (primary N) is 1. The number of benzene rings is 2. The Kier molecular flexibility index (Phi) is 7.22. The first-order valence-electron chi connectivity index (χ1n) is 6.95. The molecular formula is C16H15BrClN3O4. The van der Waals surface area contributed by atoms with Crippen LogP contribution in [-0.2, 0) is 4.79 Å². The van der Waals surface area contributed by atoms with Gasteiger partial charge in [-0.15, -0.1) is 17.0 Å². The lowest BCUT2D eigenvalue weighted by Crippen LogP contribution is -2.33. The Morgan fingerprint density at radius 3 is 2.40 bits per heavy atom. The normalized spacial score (nSPS) is 11.2. The molecule has 2 aromatic carbocycles. The third-order valence-electron chi connectivity index (χ3n) is 3.25. The molecule has 132 valence electrons. The SMILES string of the molecule is Br.C[C@H](N)C(=O)Nc1ccc([N+](=O)[O-])cc1C(=O)c1ccccc1Cl. The number of non-ortho nitro benzene ring substituents is 1. The second-order valence-corrected chi connectivity index (χ2v) is 5.48. The van der Waals surface area contributed by atoms with Crippen molar-refractivity contribution in [3.05, 3.63) is 68.7 Å². The fourth-order valence-corrected chi connectivity index (χ4v) is 2.20. The first-order valence-corrected chi connectivity index (χ1v) is 7.33. The number of rotatable bonds is 5. The maximum atomic E-state index is 12.7. The van der Waals surface area contributed by atoms with E-state index in [0.29, 0.717) is 0 Å². The van der Waals surface area contributed by atoms with Gasteiger partial charge in [-0.05, 0) is 25.1 Å². The Morgan fingerprint density at radius 1 is 1.20 bits per heavy atom. The minimum atomic E-state index is -0.802. The Hall–Kier alpha value is -2.29. The van der Waals surface area contributed by atoms with Crippen LogP contribution in [-0.4, -0.2) is 22.7 Å². The van der Waals surface area contributed by atoms with Crippen molar-refractivity contribution >= 4 is 51.6 Å². The summed E-state index contributed by atoms with van der Waals surface area (Å²) in [7, 11) is 0. The number of carbonyl (C=O) groups is 2. The molecule has 0 saturated carbocycles. The highest BCUT2D eigenvalue weighted by molar-refractivity contribution is 8.93. The number of amides is 1. The molecular weight excluding hydrogens is 414 g/mol. The minimum absolute atomic E-state index is 0. The van der Waals surface area contributed by atoms with Gasteiger partial charge in [-0.2, -0.15) is 0 Å². The van der Waals surface area contributed by atoms with E-state index in [1.807, 2.05) is 0 Å². The molecule has 2 aromatic rings. The molecule has 0 bridgehead atoms. The maximum absolute atomic E-state index is 12.7. The van der Waals surface area contributed by atoms with Gasteiger partial charge in [-0.25, -0.2) is 0 Å². The molecule has 1 amide bonds. The number of halogens is 2. The molecule has 0 unspecified atom stereocenters. The van der Waals surface area contributed by atoms with Gasteiger partial charge in [-0.3, -0.25) is 19.7 Å². The van der Waals surface area contributed by atoms with E-state index in [0.717, 1.165) is 6.07 Å². The van der Waals surface area contributed by atoms with Crippen molar-refractivity contribution in [1.82, 2.24) is 0 Å². The largest absolute Gasteiger partial charge is 0.324 e. The molecule has 0 heterocycles. The van der Waals surface area contributed by atoms with Crippen molar-refractivity contribution in [3.63, 3.8) is 0 Å². The van der Waals surface area contributed by atoms with Crippen molar-refractivity contribution in [2.75, 3.05) is 5.32 Å². The quantitative estimate of drug-likeness (QED) is 0.430. The zero-order valence-electron chi connectivity index (χ0n) is 13.1. The Morgan fingerprint density at radius 2 is 1.84 bits per heavy atom. The van der Waals surface area contributed by atoms with Crippen LogP contribution in [0.5, 0.6) is 0 Å². The van der Waals surface area contributed by atoms with E-state index >= 15 is 0 Å². The highest BCUT2D eigenvalue weighted by Crippen LogP contribution is 2.27. The third-order valence-corrected chi connectivity index (χ3v) is 3.58. The van der Waals surface area contributed by atoms with Crippen LogP contribution >= 0.6 is 28.6 Å². The number of ketones is 1. The summed E-state index contributed by atoms with van der Waals surface area (Å²) in [4.78, 5) is 34.9. The van der Waals surface area contributed by atoms with E-state index < -0.39 is 22.7 Å². The molecule has 0 aliphatic heterocycles. The highest BCUT2D eigenvalue weighted by atomic mass is 79.9. The molecule has 3 N–H and O–H groups in total. The second-order valence-electron chi connectivity index (χ2n) is 5.07. The molecule has 0 aromatic heterocycles. The van der Waals surface area contributed by atoms with E-state index in [9.17, 15) is 19.7 Å². The topological polar surface area (TPSA) is 115 Å². The Bertz CT molecular complexity index is 827. The number of hydrogen-bond donors (Lipinski definition) is 2. The summed E-state index contributed by atoms with van der Waals surface area (Å²) in [5, 5.41) is 13.7. The van der Waals surface area contributed by atoms with Gasteiger partial charge >= 0.3 is 0 Å². The van der Waals surface area contributed by atoms with E-state index in [1.165, 1.54) is 31.2 Å². The van der Waals surface area contributed by atoms with Crippen LogP contribution < -0.4 is 11.1 Å². The Balaban J connectivity index is 0.00000312.